The molecule has 1 aromatic carbocycles. The number of carbonyl (C=O) groups is 9. The summed E-state index contributed by atoms with van der Waals surface area (Å²) in [6.45, 7) is 20.6. The van der Waals surface area contributed by atoms with Crippen LogP contribution in [0.1, 0.15) is 65.4 Å². The Morgan fingerprint density at radius 3 is 1.17 bits per heavy atom. The number of esters is 1. The van der Waals surface area contributed by atoms with Gasteiger partial charge in [-0.25, -0.2) is 4.79 Å². The van der Waals surface area contributed by atoms with Crippen molar-refractivity contribution in [3.63, 3.8) is 0 Å². The van der Waals surface area contributed by atoms with E-state index < -0.39 is 89.9 Å². The monoisotopic (exact) mass is 1510 g/mol. The van der Waals surface area contributed by atoms with Gasteiger partial charge in [-0.15, -0.1) is 0 Å². The van der Waals surface area contributed by atoms with E-state index in [4.69, 9.17) is 95.7 Å². The van der Waals surface area contributed by atoms with Gasteiger partial charge in [0, 0.05) is 51.6 Å². The van der Waals surface area contributed by atoms with Crippen molar-refractivity contribution in [3.8, 4) is 0 Å². The third-order valence-electron chi connectivity index (χ3n) is 14.5. The van der Waals surface area contributed by atoms with Gasteiger partial charge in [0.1, 0.15) is 31.3 Å². The van der Waals surface area contributed by atoms with Crippen molar-refractivity contribution in [1.82, 2.24) is 31.5 Å². The largest absolute Gasteiger partial charge is 0.461 e. The van der Waals surface area contributed by atoms with Gasteiger partial charge in [-0.3, -0.25) is 43.3 Å². The smallest absolute Gasteiger partial charge is 0.312 e. The Kier molecular flexibility index (Phi) is 59.6. The third kappa shape index (κ3) is 54.0. The molecule has 36 nitrogen and oxygen atoms in total. The van der Waals surface area contributed by atoms with E-state index in [1.165, 1.54) is 6.92 Å². The first-order valence-electron chi connectivity index (χ1n) is 35.9. The lowest BCUT2D eigenvalue weighted by molar-refractivity contribution is -0.143. The zero-order valence-electron chi connectivity index (χ0n) is 62.3. The molecular weight excluding hydrogens is 1390 g/mol. The van der Waals surface area contributed by atoms with Gasteiger partial charge in [-0.2, -0.15) is 0 Å². The van der Waals surface area contributed by atoms with Crippen LogP contribution in [0.2, 0.25) is 0 Å². The average molecular weight is 1510 g/mol. The zero-order valence-corrected chi connectivity index (χ0v) is 62.3. The van der Waals surface area contributed by atoms with Gasteiger partial charge >= 0.3 is 12.0 Å². The number of methoxy groups -OCH3 is 1. The molecule has 0 aromatic heterocycles. The molecule has 105 heavy (non-hydrogen) atoms. The van der Waals surface area contributed by atoms with Gasteiger partial charge in [0.25, 0.3) is 0 Å². The highest BCUT2D eigenvalue weighted by Crippen LogP contribution is 2.18. The molecule has 2 rings (SSSR count). The summed E-state index contributed by atoms with van der Waals surface area (Å²) in [5, 5.41) is 15.7. The van der Waals surface area contributed by atoms with E-state index in [2.05, 4.69) is 31.9 Å². The summed E-state index contributed by atoms with van der Waals surface area (Å²) in [6.07, 6.45) is -0.0358. The van der Waals surface area contributed by atoms with Crippen molar-refractivity contribution >= 4 is 59.0 Å². The maximum Gasteiger partial charge on any atom is 0.312 e. The van der Waals surface area contributed by atoms with Crippen LogP contribution in [0.15, 0.2) is 24.3 Å². The lowest BCUT2D eigenvalue weighted by Crippen LogP contribution is -2.58. The molecule has 604 valence electrons. The van der Waals surface area contributed by atoms with Crippen LogP contribution in [0.4, 0.5) is 10.5 Å². The molecule has 1 aliphatic rings. The Labute approximate surface area is 616 Å². The normalized spacial score (nSPS) is 13.8. The molecule has 1 unspecified atom stereocenters. The van der Waals surface area contributed by atoms with Gasteiger partial charge in [0.2, 0.25) is 41.4 Å². The SMILES string of the molecule is COCCOCCOCCOCCOCCOCCOCCOCCOCCOCCOCCOCCOCCOCCOCCOCCOCCOCCC(=O)NCC[C@H](NC(=O)CN1C(=O)CC(C)C1=O)C(=O)N[C@H](C(=O)N[C@@H](CCCNC(N)=O)C(=O)Nc1ccc(COC(C)=O)cc1)C(C)C. The van der Waals surface area contributed by atoms with E-state index in [1.54, 1.807) is 52.1 Å². The molecule has 1 aromatic rings. The van der Waals surface area contributed by atoms with Crippen LogP contribution >= 0.6 is 0 Å². The number of nitrogens with zero attached hydrogens (tertiary/aromatic N) is 1. The number of hydrogen-bond donors (Lipinski definition) is 7. The van der Waals surface area contributed by atoms with Gasteiger partial charge in [-0.05, 0) is 42.9 Å². The first-order valence-corrected chi connectivity index (χ1v) is 35.9. The van der Waals surface area contributed by atoms with E-state index in [1.807, 2.05) is 0 Å². The molecular formula is C69H120N8O28. The van der Waals surface area contributed by atoms with Gasteiger partial charge in [0.15, 0.2) is 0 Å². The van der Waals surface area contributed by atoms with E-state index in [0.29, 0.717) is 223 Å². The minimum absolute atomic E-state index is 0.0241. The second kappa shape index (κ2) is 66.0. The van der Waals surface area contributed by atoms with Crippen molar-refractivity contribution < 1.29 is 133 Å². The molecule has 0 bridgehead atoms. The predicted octanol–water partition coefficient (Wildman–Crippen LogP) is -0.533. The van der Waals surface area contributed by atoms with Crippen LogP contribution in [-0.4, -0.2) is 334 Å². The van der Waals surface area contributed by atoms with E-state index in [9.17, 15) is 43.2 Å². The molecule has 1 aliphatic heterocycles. The number of likely N-dealkylation sites (tertiary alicyclic amines) is 1. The molecule has 9 amide bonds. The minimum atomic E-state index is -1.37. The van der Waals surface area contributed by atoms with Crippen LogP contribution in [0.5, 0.6) is 0 Å². The first kappa shape index (κ1) is 94.8. The molecule has 4 atom stereocenters. The van der Waals surface area contributed by atoms with E-state index in [-0.39, 0.29) is 71.6 Å². The second-order valence-corrected chi connectivity index (χ2v) is 23.5. The Bertz CT molecular complexity index is 2440. The summed E-state index contributed by atoms with van der Waals surface area (Å²) in [4.78, 5) is 116. The van der Waals surface area contributed by atoms with Crippen molar-refractivity contribution in [2.75, 3.05) is 263 Å². The van der Waals surface area contributed by atoms with Crippen molar-refractivity contribution in [3.05, 3.63) is 29.8 Å². The number of urea groups is 1. The summed E-state index contributed by atoms with van der Waals surface area (Å²) in [5.41, 5.74) is 6.24. The van der Waals surface area contributed by atoms with Crippen LogP contribution in [0.25, 0.3) is 0 Å². The quantitative estimate of drug-likeness (QED) is 0.0245. The number of primary amides is 1. The lowest BCUT2D eigenvalue weighted by atomic mass is 10.0. The number of nitrogens with two attached hydrogens (primary N) is 1. The number of hydrogen-bond acceptors (Lipinski definition) is 28. The molecule has 36 heteroatoms. The van der Waals surface area contributed by atoms with Gasteiger partial charge < -0.3 is 128 Å². The highest BCUT2D eigenvalue weighted by atomic mass is 16.6. The van der Waals surface area contributed by atoms with Crippen LogP contribution in [0.3, 0.4) is 0 Å². The minimum Gasteiger partial charge on any atom is -0.461 e. The average Bonchev–Trinajstić information content (AvgIpc) is 1.79. The molecule has 0 radical (unpaired) electrons. The standard InChI is InChI=1S/C69H120N8O28/c1-54(2)64(67(84)75-59(7-6-14-72-69(70)86)65(82)73-58-10-8-57(9-11-58)53-105-56(4)78)76-66(83)60(74-62(80)52-77-63(81)51-55(3)68(77)85)12-15-71-61(79)13-16-88-19-20-90-23-24-92-27-28-94-31-32-96-35-36-98-39-40-100-43-44-102-47-48-104-50-49-103-46-45-101-42-41-99-38-37-97-34-33-95-30-29-93-26-25-91-22-21-89-18-17-87-5/h8-11,54-55,59-60,64H,6-7,12-53H2,1-5H3,(H,71,79)(H,73,82)(H,74,80)(H,75,84)(H,76,83)(H3,70,72,86)/t55?,59-,60-,64-/m0/s1. The summed E-state index contributed by atoms with van der Waals surface area (Å²) < 4.78 is 103. The highest BCUT2D eigenvalue weighted by molar-refractivity contribution is 6.06. The predicted molar refractivity (Wildman–Crippen MR) is 377 cm³/mol. The maximum atomic E-state index is 14.0. The summed E-state index contributed by atoms with van der Waals surface area (Å²) in [5.74, 6) is -6.19. The topological polar surface area (TPSA) is 430 Å². The number of anilines is 1. The second-order valence-electron chi connectivity index (χ2n) is 23.5. The van der Waals surface area contributed by atoms with E-state index in [0.717, 1.165) is 4.90 Å². The summed E-state index contributed by atoms with van der Waals surface area (Å²) >= 11 is 0. The number of ether oxygens (including phenoxy) is 19. The number of amides is 9. The van der Waals surface area contributed by atoms with Crippen LogP contribution in [-0.2, 0) is 135 Å². The maximum absolute atomic E-state index is 14.0. The van der Waals surface area contributed by atoms with Gasteiger partial charge in [0.05, 0.1) is 231 Å². The molecule has 8 N–H and O–H groups in total. The molecule has 1 fully saturated rings. The van der Waals surface area contributed by atoms with Crippen molar-refractivity contribution in [2.24, 2.45) is 17.6 Å². The molecule has 0 saturated carbocycles. The summed E-state index contributed by atoms with van der Waals surface area (Å²) in [6, 6.07) is 1.87. The van der Waals surface area contributed by atoms with Crippen molar-refractivity contribution in [1.29, 1.82) is 0 Å². The Morgan fingerprint density at radius 2 is 0.829 bits per heavy atom. The van der Waals surface area contributed by atoms with Gasteiger partial charge in [-0.1, -0.05) is 32.9 Å². The third-order valence-corrected chi connectivity index (χ3v) is 14.5. The van der Waals surface area contributed by atoms with Crippen LogP contribution in [0, 0.1) is 11.8 Å². The van der Waals surface area contributed by atoms with Crippen molar-refractivity contribution in [2.45, 2.75) is 84.5 Å². The first-order chi connectivity index (χ1) is 51.0. The number of imide groups is 1. The Morgan fingerprint density at radius 1 is 0.457 bits per heavy atom. The Balaban J connectivity index is 1.45. The molecule has 1 heterocycles. The lowest BCUT2D eigenvalue weighted by Gasteiger charge is -2.27. The highest BCUT2D eigenvalue weighted by Gasteiger charge is 2.38. The van der Waals surface area contributed by atoms with Crippen LogP contribution < -0.4 is 37.6 Å². The fraction of sp³-hybridized carbons (Fsp3) is 0.783. The number of benzene rings is 1. The number of rotatable bonds is 73. The Hall–Kier alpha value is -6.27. The molecule has 1 saturated heterocycles. The number of nitrogens with one attached hydrogen (secondary N) is 6. The number of carbonyl (C=O) groups excluding carboxylic acids is 9. The summed E-state index contributed by atoms with van der Waals surface area (Å²) in [7, 11) is 1.64. The fourth-order valence-electron chi connectivity index (χ4n) is 8.97. The molecule has 0 aliphatic carbocycles. The zero-order chi connectivity index (χ0) is 76.4. The van der Waals surface area contributed by atoms with E-state index >= 15 is 0 Å². The molecule has 0 spiro atoms. The fourth-order valence-corrected chi connectivity index (χ4v) is 8.97.